The summed E-state index contributed by atoms with van der Waals surface area (Å²) in [5.41, 5.74) is 0.715. The molecule has 1 saturated carbocycles. The molecule has 0 aromatic heterocycles. The molecular weight excluding hydrogens is 275 g/mol. The average molecular weight is 295 g/mol. The molecule has 2 unspecified atom stereocenters. The predicted octanol–water partition coefficient (Wildman–Crippen LogP) is 4.76. The van der Waals surface area contributed by atoms with Crippen LogP contribution in [0.1, 0.15) is 44.6 Å². The maximum atomic E-state index is 13.4. The third-order valence-electron chi connectivity index (χ3n) is 3.88. The van der Waals surface area contributed by atoms with Crippen molar-refractivity contribution in [1.29, 1.82) is 0 Å². The monoisotopic (exact) mass is 294 g/mol. The largest absolute Gasteiger partial charge is 0.489 e. The molecule has 1 aliphatic rings. The lowest BCUT2D eigenvalue weighted by molar-refractivity contribution is 0.0898. The van der Waals surface area contributed by atoms with Gasteiger partial charge in [-0.05, 0) is 43.7 Å². The van der Waals surface area contributed by atoms with Crippen molar-refractivity contribution in [2.45, 2.75) is 45.1 Å². The van der Waals surface area contributed by atoms with Crippen molar-refractivity contribution in [2.75, 3.05) is 5.88 Å². The van der Waals surface area contributed by atoms with Gasteiger partial charge in [-0.1, -0.05) is 25.2 Å². The van der Waals surface area contributed by atoms with E-state index in [0.717, 1.165) is 12.8 Å². The van der Waals surface area contributed by atoms with Crippen molar-refractivity contribution < 1.29 is 9.13 Å². The Hall–Kier alpha value is -1.20. The first kappa shape index (κ1) is 15.2. The molecule has 0 radical (unpaired) electrons. The minimum atomic E-state index is -0.291. The van der Waals surface area contributed by atoms with Crippen LogP contribution >= 0.6 is 11.6 Å². The fourth-order valence-electron chi connectivity index (χ4n) is 2.78. The number of halogens is 2. The maximum absolute atomic E-state index is 13.4. The summed E-state index contributed by atoms with van der Waals surface area (Å²) in [4.78, 5) is 0. The van der Waals surface area contributed by atoms with Gasteiger partial charge in [0, 0.05) is 6.07 Å². The van der Waals surface area contributed by atoms with Gasteiger partial charge in [0.25, 0.3) is 0 Å². The predicted molar refractivity (Wildman–Crippen MR) is 80.7 cm³/mol. The fourth-order valence-corrected chi connectivity index (χ4v) is 2.85. The Balaban J connectivity index is 2.20. The maximum Gasteiger partial charge on any atom is 0.138 e. The van der Waals surface area contributed by atoms with Crippen molar-refractivity contribution >= 4 is 11.6 Å². The number of rotatable bonds is 3. The molecule has 1 nitrogen and oxygen atoms in total. The number of benzene rings is 1. The van der Waals surface area contributed by atoms with Gasteiger partial charge in [0.05, 0.1) is 11.4 Å². The van der Waals surface area contributed by atoms with Crippen LogP contribution in [0.3, 0.4) is 0 Å². The smallest absolute Gasteiger partial charge is 0.138 e. The first-order valence-electron chi connectivity index (χ1n) is 7.25. The zero-order chi connectivity index (χ0) is 14.4. The fraction of sp³-hybridized carbons (Fsp3) is 0.529. The van der Waals surface area contributed by atoms with Crippen LogP contribution in [-0.2, 0) is 0 Å². The third kappa shape index (κ3) is 3.90. The number of ether oxygens (including phenoxy) is 1. The highest BCUT2D eigenvalue weighted by Crippen LogP contribution is 2.31. The normalized spacial score (nSPS) is 21.9. The van der Waals surface area contributed by atoms with Crippen LogP contribution in [-0.4, -0.2) is 12.0 Å². The van der Waals surface area contributed by atoms with E-state index in [1.165, 1.54) is 31.4 Å². The highest BCUT2D eigenvalue weighted by Gasteiger charge is 2.25. The Labute approximate surface area is 125 Å². The number of alkyl halides is 1. The molecular formula is C17H20ClFO. The molecule has 3 heteroatoms. The third-order valence-corrected chi connectivity index (χ3v) is 4.01. The summed E-state index contributed by atoms with van der Waals surface area (Å²) < 4.78 is 19.5. The Bertz CT molecular complexity index is 503. The van der Waals surface area contributed by atoms with E-state index in [9.17, 15) is 4.39 Å². The molecule has 1 aliphatic carbocycles. The van der Waals surface area contributed by atoms with E-state index in [1.54, 1.807) is 6.07 Å². The Morgan fingerprint density at radius 3 is 2.90 bits per heavy atom. The van der Waals surface area contributed by atoms with E-state index >= 15 is 0 Å². The van der Waals surface area contributed by atoms with Gasteiger partial charge in [-0.15, -0.1) is 11.6 Å². The highest BCUT2D eigenvalue weighted by molar-refractivity contribution is 6.19. The average Bonchev–Trinajstić information content (AvgIpc) is 2.47. The second-order valence-corrected chi connectivity index (χ2v) is 5.45. The summed E-state index contributed by atoms with van der Waals surface area (Å²) in [5.74, 6) is 6.81. The quantitative estimate of drug-likeness (QED) is 0.577. The Morgan fingerprint density at radius 1 is 1.35 bits per heavy atom. The van der Waals surface area contributed by atoms with Crippen LogP contribution in [0, 0.1) is 23.6 Å². The molecule has 0 heterocycles. The van der Waals surface area contributed by atoms with E-state index in [2.05, 4.69) is 18.8 Å². The van der Waals surface area contributed by atoms with Crippen LogP contribution in [0.2, 0.25) is 0 Å². The van der Waals surface area contributed by atoms with Gasteiger partial charge in [-0.2, -0.15) is 0 Å². The highest BCUT2D eigenvalue weighted by atomic mass is 35.5. The molecule has 0 N–H and O–H groups in total. The molecule has 1 aromatic rings. The molecule has 20 heavy (non-hydrogen) atoms. The first-order valence-corrected chi connectivity index (χ1v) is 7.79. The lowest BCUT2D eigenvalue weighted by Gasteiger charge is -2.31. The van der Waals surface area contributed by atoms with Gasteiger partial charge in [0.15, 0.2) is 0 Å². The summed E-state index contributed by atoms with van der Waals surface area (Å²) >= 11 is 5.58. The summed E-state index contributed by atoms with van der Waals surface area (Å²) in [6.45, 7) is 2.19. The van der Waals surface area contributed by atoms with Crippen molar-refractivity contribution in [3.63, 3.8) is 0 Å². The van der Waals surface area contributed by atoms with Gasteiger partial charge >= 0.3 is 0 Å². The minimum absolute atomic E-state index is 0.173. The SMILES string of the molecule is CCC1CCCCC1Oc1cc(F)ccc1C#CCCl. The molecule has 0 amide bonds. The van der Waals surface area contributed by atoms with Crippen LogP contribution in [0.5, 0.6) is 5.75 Å². The Kier molecular flexibility index (Phi) is 5.73. The molecule has 108 valence electrons. The lowest BCUT2D eigenvalue weighted by atomic mass is 9.84. The van der Waals surface area contributed by atoms with Gasteiger partial charge in [0.2, 0.25) is 0 Å². The van der Waals surface area contributed by atoms with Crippen molar-refractivity contribution in [1.82, 2.24) is 0 Å². The van der Waals surface area contributed by atoms with Crippen molar-refractivity contribution in [3.05, 3.63) is 29.6 Å². The molecule has 0 bridgehead atoms. The van der Waals surface area contributed by atoms with Crippen LogP contribution in [0.25, 0.3) is 0 Å². The molecule has 2 atom stereocenters. The summed E-state index contributed by atoms with van der Waals surface area (Å²) in [6, 6.07) is 4.50. The summed E-state index contributed by atoms with van der Waals surface area (Å²) in [5, 5.41) is 0. The molecule has 1 aromatic carbocycles. The van der Waals surface area contributed by atoms with Crippen molar-refractivity contribution in [2.24, 2.45) is 5.92 Å². The van der Waals surface area contributed by atoms with Gasteiger partial charge in [0.1, 0.15) is 17.7 Å². The zero-order valence-electron chi connectivity index (χ0n) is 11.8. The van der Waals surface area contributed by atoms with Gasteiger partial charge in [-0.3, -0.25) is 0 Å². The summed E-state index contributed by atoms with van der Waals surface area (Å²) in [6.07, 6.45) is 5.95. The molecule has 0 aliphatic heterocycles. The van der Waals surface area contributed by atoms with E-state index < -0.39 is 0 Å². The second-order valence-electron chi connectivity index (χ2n) is 5.18. The van der Waals surface area contributed by atoms with E-state index in [-0.39, 0.29) is 17.8 Å². The van der Waals surface area contributed by atoms with Crippen LogP contribution in [0.4, 0.5) is 4.39 Å². The van der Waals surface area contributed by atoms with E-state index in [4.69, 9.17) is 16.3 Å². The molecule has 1 fully saturated rings. The van der Waals surface area contributed by atoms with Crippen molar-refractivity contribution in [3.8, 4) is 17.6 Å². The lowest BCUT2D eigenvalue weighted by Crippen LogP contribution is -2.30. The number of hydrogen-bond acceptors (Lipinski definition) is 1. The van der Waals surface area contributed by atoms with E-state index in [1.807, 2.05) is 0 Å². The molecule has 0 saturated heterocycles. The zero-order valence-corrected chi connectivity index (χ0v) is 12.5. The van der Waals surface area contributed by atoms with E-state index in [0.29, 0.717) is 17.2 Å². The van der Waals surface area contributed by atoms with Crippen LogP contribution < -0.4 is 4.74 Å². The van der Waals surface area contributed by atoms with Crippen LogP contribution in [0.15, 0.2) is 18.2 Å². The first-order chi connectivity index (χ1) is 9.74. The van der Waals surface area contributed by atoms with Gasteiger partial charge in [-0.25, -0.2) is 4.39 Å². The second kappa shape index (κ2) is 7.55. The standard InChI is InChI=1S/C17H20ClFO/c1-2-13-6-3-4-8-16(13)20-17-12-15(19)10-9-14(17)7-5-11-18/h9-10,12-13,16H,2-4,6,8,11H2,1H3. The Morgan fingerprint density at radius 2 is 2.15 bits per heavy atom. The topological polar surface area (TPSA) is 9.23 Å². The summed E-state index contributed by atoms with van der Waals surface area (Å²) in [7, 11) is 0. The molecule has 0 spiro atoms. The molecule has 2 rings (SSSR count). The van der Waals surface area contributed by atoms with Gasteiger partial charge < -0.3 is 4.74 Å². The number of hydrogen-bond donors (Lipinski definition) is 0. The minimum Gasteiger partial charge on any atom is -0.489 e.